The Bertz CT molecular complexity index is 384. The van der Waals surface area contributed by atoms with E-state index < -0.39 is 0 Å². The topological polar surface area (TPSA) is 12.0 Å². The molecular formula is C15H22BrNS. The molecule has 3 heteroatoms. The monoisotopic (exact) mass is 327 g/mol. The molecule has 1 aliphatic carbocycles. The highest BCUT2D eigenvalue weighted by molar-refractivity contribution is 9.10. The summed E-state index contributed by atoms with van der Waals surface area (Å²) in [5, 5.41) is 3.76. The van der Waals surface area contributed by atoms with Crippen molar-refractivity contribution in [2.24, 2.45) is 0 Å². The summed E-state index contributed by atoms with van der Waals surface area (Å²) in [5.74, 6) is 0. The van der Waals surface area contributed by atoms with Gasteiger partial charge < -0.3 is 5.32 Å². The fourth-order valence-corrected chi connectivity index (χ4v) is 3.90. The molecule has 18 heavy (non-hydrogen) atoms. The lowest BCUT2D eigenvalue weighted by Crippen LogP contribution is -2.44. The van der Waals surface area contributed by atoms with Crippen LogP contribution in [0.2, 0.25) is 0 Å². The molecule has 1 fully saturated rings. The van der Waals surface area contributed by atoms with E-state index in [0.717, 1.165) is 13.0 Å². The second-order valence-electron chi connectivity index (χ2n) is 5.14. The Kier molecular flexibility index (Phi) is 5.16. The van der Waals surface area contributed by atoms with E-state index in [9.17, 15) is 0 Å². The molecule has 0 amide bonds. The first kappa shape index (κ1) is 14.4. The van der Waals surface area contributed by atoms with Gasteiger partial charge in [0.1, 0.15) is 0 Å². The van der Waals surface area contributed by atoms with Gasteiger partial charge in [-0.1, -0.05) is 41.4 Å². The van der Waals surface area contributed by atoms with Gasteiger partial charge in [-0.05, 0) is 43.2 Å². The fraction of sp³-hybridized carbons (Fsp3) is 0.600. The normalized spacial score (nSPS) is 19.3. The lowest BCUT2D eigenvalue weighted by atomic mass is 9.84. The van der Waals surface area contributed by atoms with E-state index in [-0.39, 0.29) is 0 Å². The van der Waals surface area contributed by atoms with Gasteiger partial charge in [0.15, 0.2) is 0 Å². The number of rotatable bonds is 6. The van der Waals surface area contributed by atoms with Crippen LogP contribution in [0.5, 0.6) is 0 Å². The van der Waals surface area contributed by atoms with Gasteiger partial charge in [0.05, 0.1) is 0 Å². The summed E-state index contributed by atoms with van der Waals surface area (Å²) in [7, 11) is 0. The van der Waals surface area contributed by atoms with Crippen molar-refractivity contribution in [1.82, 2.24) is 5.32 Å². The number of hydrogen-bond donors (Lipinski definition) is 1. The van der Waals surface area contributed by atoms with Crippen molar-refractivity contribution in [2.45, 2.75) is 43.4 Å². The van der Waals surface area contributed by atoms with E-state index in [0.29, 0.717) is 10.8 Å². The Morgan fingerprint density at radius 3 is 2.72 bits per heavy atom. The molecule has 100 valence electrons. The first-order valence-electron chi connectivity index (χ1n) is 6.73. The molecule has 1 aromatic rings. The van der Waals surface area contributed by atoms with E-state index in [1.54, 1.807) is 0 Å². The molecule has 0 radical (unpaired) electrons. The van der Waals surface area contributed by atoms with Crippen LogP contribution in [0.15, 0.2) is 28.7 Å². The largest absolute Gasteiger partial charge is 0.309 e. The fourth-order valence-electron chi connectivity index (χ4n) is 2.55. The van der Waals surface area contributed by atoms with Crippen molar-refractivity contribution >= 4 is 27.7 Å². The smallest absolute Gasteiger partial charge is 0.0318 e. The molecule has 1 aliphatic rings. The van der Waals surface area contributed by atoms with E-state index >= 15 is 0 Å². The standard InChI is InChI=1S/C15H22BrNS/c1-3-14(12-6-4-7-13(16)10-12)17-11-15(18-2)8-5-9-15/h4,6-7,10,14,17H,3,5,8-9,11H2,1-2H3. The minimum absolute atomic E-state index is 0.479. The highest BCUT2D eigenvalue weighted by atomic mass is 79.9. The van der Waals surface area contributed by atoms with Crippen LogP contribution in [0.4, 0.5) is 0 Å². The molecule has 0 bridgehead atoms. The molecule has 1 nitrogen and oxygen atoms in total. The molecule has 1 aromatic carbocycles. The first-order valence-corrected chi connectivity index (χ1v) is 8.75. The lowest BCUT2D eigenvalue weighted by molar-refractivity contribution is 0.328. The minimum Gasteiger partial charge on any atom is -0.309 e. The third-order valence-electron chi connectivity index (χ3n) is 4.03. The molecule has 0 aromatic heterocycles. The summed E-state index contributed by atoms with van der Waals surface area (Å²) in [6.45, 7) is 3.39. The van der Waals surface area contributed by atoms with Crippen LogP contribution >= 0.6 is 27.7 Å². The molecule has 1 atom stereocenters. The maximum absolute atomic E-state index is 3.76. The Hall–Kier alpha value is 0.01000. The number of thioether (sulfide) groups is 1. The van der Waals surface area contributed by atoms with Gasteiger partial charge in [0, 0.05) is 21.8 Å². The third-order valence-corrected chi connectivity index (χ3v) is 5.94. The summed E-state index contributed by atoms with van der Waals surface area (Å²) in [5.41, 5.74) is 1.39. The number of halogens is 1. The third kappa shape index (κ3) is 3.31. The molecule has 0 spiro atoms. The highest BCUT2D eigenvalue weighted by Gasteiger charge is 2.36. The Balaban J connectivity index is 1.97. The zero-order valence-electron chi connectivity index (χ0n) is 11.2. The molecule has 1 N–H and O–H groups in total. The zero-order valence-corrected chi connectivity index (χ0v) is 13.6. The molecule has 1 saturated carbocycles. The summed E-state index contributed by atoms with van der Waals surface area (Å²) >= 11 is 5.59. The van der Waals surface area contributed by atoms with Gasteiger partial charge in [-0.3, -0.25) is 0 Å². The second-order valence-corrected chi connectivity index (χ2v) is 7.33. The zero-order chi connectivity index (χ0) is 13.0. The van der Waals surface area contributed by atoms with E-state index in [1.807, 2.05) is 11.8 Å². The van der Waals surface area contributed by atoms with Crippen molar-refractivity contribution in [3.05, 3.63) is 34.3 Å². The quantitative estimate of drug-likeness (QED) is 0.807. The number of hydrogen-bond acceptors (Lipinski definition) is 2. The van der Waals surface area contributed by atoms with E-state index in [1.165, 1.54) is 29.3 Å². The maximum atomic E-state index is 3.76. The molecule has 1 unspecified atom stereocenters. The average Bonchev–Trinajstić information content (AvgIpc) is 2.33. The number of nitrogens with one attached hydrogen (secondary N) is 1. The Morgan fingerprint density at radius 1 is 1.44 bits per heavy atom. The molecule has 0 aliphatic heterocycles. The van der Waals surface area contributed by atoms with Gasteiger partial charge in [0.25, 0.3) is 0 Å². The summed E-state index contributed by atoms with van der Waals surface area (Å²) in [6.07, 6.45) is 7.53. The lowest BCUT2D eigenvalue weighted by Gasteiger charge is -2.41. The molecule has 0 saturated heterocycles. The minimum atomic E-state index is 0.479. The highest BCUT2D eigenvalue weighted by Crippen LogP contribution is 2.42. The van der Waals surface area contributed by atoms with Crippen molar-refractivity contribution in [1.29, 1.82) is 0 Å². The van der Waals surface area contributed by atoms with Crippen molar-refractivity contribution in [2.75, 3.05) is 12.8 Å². The summed E-state index contributed by atoms with van der Waals surface area (Å²) in [6, 6.07) is 9.14. The SMILES string of the molecule is CCC(NCC1(SC)CCC1)c1cccc(Br)c1. The maximum Gasteiger partial charge on any atom is 0.0318 e. The van der Waals surface area contributed by atoms with Crippen molar-refractivity contribution in [3.63, 3.8) is 0 Å². The predicted octanol–water partition coefficient (Wildman–Crippen LogP) is 4.78. The number of benzene rings is 1. The Morgan fingerprint density at radius 2 is 2.22 bits per heavy atom. The van der Waals surface area contributed by atoms with Gasteiger partial charge in [-0.25, -0.2) is 0 Å². The molecule has 2 rings (SSSR count). The van der Waals surface area contributed by atoms with Crippen LogP contribution in [-0.2, 0) is 0 Å². The molecule has 0 heterocycles. The van der Waals surface area contributed by atoms with Gasteiger partial charge in [-0.2, -0.15) is 11.8 Å². The van der Waals surface area contributed by atoms with Crippen LogP contribution in [0, 0.1) is 0 Å². The Labute approximate surface area is 123 Å². The van der Waals surface area contributed by atoms with Gasteiger partial charge >= 0.3 is 0 Å². The predicted molar refractivity (Wildman–Crippen MR) is 85.3 cm³/mol. The van der Waals surface area contributed by atoms with Crippen molar-refractivity contribution in [3.8, 4) is 0 Å². The van der Waals surface area contributed by atoms with Crippen LogP contribution in [0.25, 0.3) is 0 Å². The van der Waals surface area contributed by atoms with Crippen LogP contribution in [0.3, 0.4) is 0 Å². The summed E-state index contributed by atoms with van der Waals surface area (Å²) < 4.78 is 1.68. The second kappa shape index (κ2) is 6.44. The average molecular weight is 328 g/mol. The van der Waals surface area contributed by atoms with Gasteiger partial charge in [-0.15, -0.1) is 0 Å². The van der Waals surface area contributed by atoms with Crippen LogP contribution in [-0.4, -0.2) is 17.5 Å². The van der Waals surface area contributed by atoms with Crippen molar-refractivity contribution < 1.29 is 0 Å². The van der Waals surface area contributed by atoms with Gasteiger partial charge in [0.2, 0.25) is 0 Å². The van der Waals surface area contributed by atoms with E-state index in [2.05, 4.69) is 58.7 Å². The molecular weight excluding hydrogens is 306 g/mol. The summed E-state index contributed by atoms with van der Waals surface area (Å²) in [4.78, 5) is 0. The first-order chi connectivity index (χ1) is 8.69. The van der Waals surface area contributed by atoms with E-state index in [4.69, 9.17) is 0 Å². The van der Waals surface area contributed by atoms with Crippen LogP contribution < -0.4 is 5.32 Å². The van der Waals surface area contributed by atoms with Crippen LogP contribution in [0.1, 0.15) is 44.2 Å².